The van der Waals surface area contributed by atoms with Gasteiger partial charge in [-0.15, -0.1) is 0 Å². The van der Waals surface area contributed by atoms with Gasteiger partial charge in [0.05, 0.1) is 12.7 Å². The monoisotopic (exact) mass is 303 g/mol. The fourth-order valence-corrected chi connectivity index (χ4v) is 2.41. The number of rotatable bonds is 4. The first-order valence-corrected chi connectivity index (χ1v) is 7.10. The van der Waals surface area contributed by atoms with Crippen LogP contribution < -0.4 is 5.32 Å². The first kappa shape index (κ1) is 15.4. The summed E-state index contributed by atoms with van der Waals surface area (Å²) in [6.45, 7) is 3.95. The number of benzene rings is 2. The Morgan fingerprint density at radius 1 is 1.24 bits per heavy atom. The van der Waals surface area contributed by atoms with E-state index in [4.69, 9.17) is 16.3 Å². The number of ether oxygens (including phenoxy) is 1. The second-order valence-electron chi connectivity index (χ2n) is 4.89. The van der Waals surface area contributed by atoms with Gasteiger partial charge < -0.3 is 10.1 Å². The van der Waals surface area contributed by atoms with Crippen LogP contribution in [0.4, 0.5) is 5.69 Å². The quantitative estimate of drug-likeness (QED) is 0.838. The molecule has 0 fully saturated rings. The molecule has 0 spiro atoms. The molecule has 110 valence electrons. The first-order chi connectivity index (χ1) is 10.0. The summed E-state index contributed by atoms with van der Waals surface area (Å²) in [5.41, 5.74) is 3.44. The molecule has 2 rings (SSSR count). The molecule has 1 N–H and O–H groups in total. The molecular weight excluding hydrogens is 286 g/mol. The first-order valence-electron chi connectivity index (χ1n) is 6.73. The Bertz CT molecular complexity index is 655. The predicted molar refractivity (Wildman–Crippen MR) is 86.0 cm³/mol. The van der Waals surface area contributed by atoms with Crippen LogP contribution in [0.2, 0.25) is 5.02 Å². The van der Waals surface area contributed by atoms with Crippen LogP contribution in [-0.4, -0.2) is 13.1 Å². The Labute approximate surface area is 129 Å². The van der Waals surface area contributed by atoms with Crippen LogP contribution in [0.5, 0.6) is 0 Å². The maximum atomic E-state index is 11.7. The van der Waals surface area contributed by atoms with E-state index in [1.54, 1.807) is 6.07 Å². The lowest BCUT2D eigenvalue weighted by atomic mass is 10.0. The van der Waals surface area contributed by atoms with Crippen LogP contribution in [0.3, 0.4) is 0 Å². The van der Waals surface area contributed by atoms with Crippen LogP contribution in [0, 0.1) is 6.92 Å². The summed E-state index contributed by atoms with van der Waals surface area (Å²) in [6, 6.07) is 13.3. The number of carbonyl (C=O) groups is 1. The molecule has 2 aromatic carbocycles. The highest BCUT2D eigenvalue weighted by molar-refractivity contribution is 6.30. The van der Waals surface area contributed by atoms with Gasteiger partial charge in [0.1, 0.15) is 0 Å². The largest absolute Gasteiger partial charge is 0.465 e. The zero-order chi connectivity index (χ0) is 15.4. The van der Waals surface area contributed by atoms with E-state index in [1.807, 2.05) is 43.3 Å². The minimum absolute atomic E-state index is 0.0790. The average Bonchev–Trinajstić information content (AvgIpc) is 2.48. The summed E-state index contributed by atoms with van der Waals surface area (Å²) in [5.74, 6) is -0.327. The van der Waals surface area contributed by atoms with Gasteiger partial charge in [-0.3, -0.25) is 0 Å². The van der Waals surface area contributed by atoms with Crippen molar-refractivity contribution in [3.63, 3.8) is 0 Å². The predicted octanol–water partition coefficient (Wildman–Crippen LogP) is 4.61. The zero-order valence-corrected chi connectivity index (χ0v) is 13.1. The Morgan fingerprint density at radius 2 is 1.95 bits per heavy atom. The molecular formula is C17H18ClNO2. The molecule has 3 nitrogen and oxygen atoms in total. The normalized spacial score (nSPS) is 11.8. The highest BCUT2D eigenvalue weighted by Gasteiger charge is 2.13. The summed E-state index contributed by atoms with van der Waals surface area (Å²) in [4.78, 5) is 11.7. The molecule has 0 aliphatic carbocycles. The van der Waals surface area contributed by atoms with Crippen molar-refractivity contribution in [1.82, 2.24) is 0 Å². The summed E-state index contributed by atoms with van der Waals surface area (Å²) < 4.78 is 4.79. The number of anilines is 1. The number of carbonyl (C=O) groups excluding carboxylic acids is 1. The van der Waals surface area contributed by atoms with Crippen molar-refractivity contribution in [3.05, 3.63) is 64.2 Å². The number of halogens is 1. The molecule has 0 aliphatic heterocycles. The molecule has 4 heteroatoms. The number of hydrogen-bond donors (Lipinski definition) is 1. The Kier molecular flexibility index (Phi) is 4.86. The Hall–Kier alpha value is -2.00. The summed E-state index contributed by atoms with van der Waals surface area (Å²) >= 11 is 6.02. The van der Waals surface area contributed by atoms with Crippen molar-refractivity contribution in [2.45, 2.75) is 19.9 Å². The summed E-state index contributed by atoms with van der Waals surface area (Å²) in [6.07, 6.45) is 0. The molecule has 21 heavy (non-hydrogen) atoms. The molecule has 0 saturated carbocycles. The van der Waals surface area contributed by atoms with E-state index in [9.17, 15) is 4.79 Å². The minimum Gasteiger partial charge on any atom is -0.465 e. The number of esters is 1. The van der Waals surface area contributed by atoms with Gasteiger partial charge in [-0.1, -0.05) is 29.8 Å². The van der Waals surface area contributed by atoms with Crippen LogP contribution in [0.25, 0.3) is 0 Å². The van der Waals surface area contributed by atoms with Gasteiger partial charge >= 0.3 is 5.97 Å². The smallest absolute Gasteiger partial charge is 0.338 e. The molecule has 0 aliphatic rings. The summed E-state index contributed by atoms with van der Waals surface area (Å²) in [5, 5.41) is 4.12. The lowest BCUT2D eigenvalue weighted by Gasteiger charge is -2.18. The molecule has 0 radical (unpaired) electrons. The average molecular weight is 304 g/mol. The molecule has 0 amide bonds. The van der Waals surface area contributed by atoms with Gasteiger partial charge in [0.2, 0.25) is 0 Å². The van der Waals surface area contributed by atoms with Gasteiger partial charge in [0, 0.05) is 16.8 Å². The van der Waals surface area contributed by atoms with Crippen LogP contribution in [0.1, 0.15) is 34.5 Å². The molecule has 1 atom stereocenters. The van der Waals surface area contributed by atoms with E-state index < -0.39 is 0 Å². The number of nitrogens with one attached hydrogen (secondary N) is 1. The third kappa shape index (κ3) is 3.56. The molecule has 0 aromatic heterocycles. The maximum Gasteiger partial charge on any atom is 0.338 e. The number of methoxy groups -OCH3 is 1. The minimum atomic E-state index is -0.327. The number of hydrogen-bond acceptors (Lipinski definition) is 3. The van der Waals surface area contributed by atoms with E-state index in [-0.39, 0.29) is 12.0 Å². The highest BCUT2D eigenvalue weighted by Crippen LogP contribution is 2.25. The van der Waals surface area contributed by atoms with Crippen LogP contribution >= 0.6 is 11.6 Å². The van der Waals surface area contributed by atoms with Crippen LogP contribution in [-0.2, 0) is 4.74 Å². The molecule has 2 aromatic rings. The van der Waals surface area contributed by atoms with Crippen molar-refractivity contribution in [2.75, 3.05) is 12.4 Å². The van der Waals surface area contributed by atoms with E-state index in [0.717, 1.165) is 16.8 Å². The second kappa shape index (κ2) is 6.64. The van der Waals surface area contributed by atoms with E-state index >= 15 is 0 Å². The van der Waals surface area contributed by atoms with Gasteiger partial charge in [-0.05, 0) is 49.2 Å². The highest BCUT2D eigenvalue weighted by atomic mass is 35.5. The third-order valence-corrected chi connectivity index (χ3v) is 3.69. The van der Waals surface area contributed by atoms with Crippen LogP contribution in [0.15, 0.2) is 42.5 Å². The van der Waals surface area contributed by atoms with E-state index in [0.29, 0.717) is 10.6 Å². The van der Waals surface area contributed by atoms with Gasteiger partial charge in [0.25, 0.3) is 0 Å². The molecule has 0 saturated heterocycles. The molecule has 1 unspecified atom stereocenters. The second-order valence-corrected chi connectivity index (χ2v) is 5.33. The molecule has 0 bridgehead atoms. The van der Waals surface area contributed by atoms with Gasteiger partial charge in [-0.2, -0.15) is 0 Å². The third-order valence-electron chi connectivity index (χ3n) is 3.46. The van der Waals surface area contributed by atoms with Crippen molar-refractivity contribution < 1.29 is 9.53 Å². The lowest BCUT2D eigenvalue weighted by molar-refractivity contribution is 0.0600. The SMILES string of the molecule is COC(=O)c1cccc(NC(C)c2cccc(Cl)c2)c1C. The fourth-order valence-electron chi connectivity index (χ4n) is 2.22. The van der Waals surface area contributed by atoms with Crippen molar-refractivity contribution in [2.24, 2.45) is 0 Å². The zero-order valence-electron chi connectivity index (χ0n) is 12.3. The van der Waals surface area contributed by atoms with Crippen molar-refractivity contribution in [1.29, 1.82) is 0 Å². The van der Waals surface area contributed by atoms with Crippen molar-refractivity contribution >= 4 is 23.3 Å². The summed E-state index contributed by atoms with van der Waals surface area (Å²) in [7, 11) is 1.39. The lowest BCUT2D eigenvalue weighted by Crippen LogP contribution is -2.10. The van der Waals surface area contributed by atoms with E-state index in [1.165, 1.54) is 7.11 Å². The fraction of sp³-hybridized carbons (Fsp3) is 0.235. The van der Waals surface area contributed by atoms with E-state index in [2.05, 4.69) is 12.2 Å². The Morgan fingerprint density at radius 3 is 2.62 bits per heavy atom. The topological polar surface area (TPSA) is 38.3 Å². The maximum absolute atomic E-state index is 11.7. The Balaban J connectivity index is 2.25. The van der Waals surface area contributed by atoms with Crippen molar-refractivity contribution in [3.8, 4) is 0 Å². The van der Waals surface area contributed by atoms with Gasteiger partial charge in [0.15, 0.2) is 0 Å². The molecule has 0 heterocycles. The standard InChI is InChI=1S/C17H18ClNO2/c1-11-15(17(20)21-3)8-5-9-16(11)19-12(2)13-6-4-7-14(18)10-13/h4-10,12,19H,1-3H3. The van der Waals surface area contributed by atoms with Gasteiger partial charge in [-0.25, -0.2) is 4.79 Å².